The number of aromatic nitrogens is 2. The quantitative estimate of drug-likeness (QED) is 0.725. The van der Waals surface area contributed by atoms with Crippen LogP contribution >= 0.6 is 0 Å². The minimum atomic E-state index is -0.915. The summed E-state index contributed by atoms with van der Waals surface area (Å²) >= 11 is 0. The van der Waals surface area contributed by atoms with E-state index in [0.29, 0.717) is 6.54 Å². The van der Waals surface area contributed by atoms with Crippen LogP contribution in [0.4, 0.5) is 4.79 Å². The Labute approximate surface area is 112 Å². The van der Waals surface area contributed by atoms with Gasteiger partial charge in [0.25, 0.3) is 0 Å². The van der Waals surface area contributed by atoms with Crippen molar-refractivity contribution in [1.29, 1.82) is 0 Å². The van der Waals surface area contributed by atoms with Gasteiger partial charge < -0.3 is 15.3 Å². The molecule has 1 aromatic heterocycles. The van der Waals surface area contributed by atoms with Gasteiger partial charge in [-0.05, 0) is 20.8 Å². The Morgan fingerprint density at radius 2 is 2.21 bits per heavy atom. The monoisotopic (exact) mass is 268 g/mol. The van der Waals surface area contributed by atoms with Gasteiger partial charge in [-0.1, -0.05) is 0 Å². The number of carbonyl (C=O) groups is 2. The van der Waals surface area contributed by atoms with Crippen molar-refractivity contribution in [2.24, 2.45) is 0 Å². The van der Waals surface area contributed by atoms with E-state index in [1.807, 2.05) is 13.8 Å². The number of H-pyrrole nitrogens is 1. The van der Waals surface area contributed by atoms with Crippen LogP contribution in [0.1, 0.15) is 38.8 Å². The average molecular weight is 268 g/mol. The van der Waals surface area contributed by atoms with Crippen LogP contribution in [-0.2, 0) is 4.79 Å². The minimum absolute atomic E-state index is 0.0681. The van der Waals surface area contributed by atoms with Crippen LogP contribution in [0.2, 0.25) is 0 Å². The smallest absolute Gasteiger partial charge is 0.318 e. The molecule has 0 aliphatic rings. The first-order valence-electron chi connectivity index (χ1n) is 6.23. The van der Waals surface area contributed by atoms with E-state index in [2.05, 4.69) is 15.5 Å². The van der Waals surface area contributed by atoms with E-state index < -0.39 is 5.97 Å². The Morgan fingerprint density at radius 3 is 2.68 bits per heavy atom. The second kappa shape index (κ2) is 6.77. The number of carboxylic acids is 1. The standard InChI is InChI=1S/C12H20N4O3/c1-4-16(8(2)5-11(17)18)12(19)15-9(3)10-6-13-14-7-10/h6-9H,4-5H2,1-3H3,(H,13,14)(H,15,19)(H,17,18). The van der Waals surface area contributed by atoms with E-state index in [1.54, 1.807) is 19.3 Å². The van der Waals surface area contributed by atoms with Gasteiger partial charge in [-0.3, -0.25) is 9.89 Å². The molecule has 0 aliphatic carbocycles. The molecule has 1 aromatic rings. The third kappa shape index (κ3) is 4.27. The molecular formula is C12H20N4O3. The van der Waals surface area contributed by atoms with Gasteiger partial charge >= 0.3 is 12.0 Å². The number of amides is 2. The van der Waals surface area contributed by atoms with Gasteiger partial charge in [0.05, 0.1) is 18.7 Å². The van der Waals surface area contributed by atoms with Crippen molar-refractivity contribution in [3.63, 3.8) is 0 Å². The van der Waals surface area contributed by atoms with E-state index in [-0.39, 0.29) is 24.5 Å². The molecule has 1 rings (SSSR count). The van der Waals surface area contributed by atoms with E-state index >= 15 is 0 Å². The Balaban J connectivity index is 2.61. The average Bonchev–Trinajstić information content (AvgIpc) is 2.81. The normalized spacial score (nSPS) is 13.6. The highest BCUT2D eigenvalue weighted by molar-refractivity contribution is 5.76. The Hall–Kier alpha value is -2.05. The Bertz CT molecular complexity index is 419. The van der Waals surface area contributed by atoms with Gasteiger partial charge in [0.15, 0.2) is 0 Å². The SMILES string of the molecule is CCN(C(=O)NC(C)c1cn[nH]c1)C(C)CC(=O)O. The van der Waals surface area contributed by atoms with Crippen LogP contribution in [0.25, 0.3) is 0 Å². The third-order valence-corrected chi connectivity index (χ3v) is 2.96. The molecule has 7 nitrogen and oxygen atoms in total. The first-order valence-corrected chi connectivity index (χ1v) is 6.23. The molecule has 0 radical (unpaired) electrons. The third-order valence-electron chi connectivity index (χ3n) is 2.96. The molecule has 0 fully saturated rings. The number of aromatic amines is 1. The molecule has 3 N–H and O–H groups in total. The van der Waals surface area contributed by atoms with E-state index in [9.17, 15) is 9.59 Å². The van der Waals surface area contributed by atoms with Crippen molar-refractivity contribution in [2.45, 2.75) is 39.3 Å². The lowest BCUT2D eigenvalue weighted by Gasteiger charge is -2.28. The van der Waals surface area contributed by atoms with Gasteiger partial charge in [0.1, 0.15) is 0 Å². The summed E-state index contributed by atoms with van der Waals surface area (Å²) in [5.41, 5.74) is 0.871. The van der Waals surface area contributed by atoms with Gasteiger partial charge in [0, 0.05) is 24.3 Å². The van der Waals surface area contributed by atoms with E-state index in [0.717, 1.165) is 5.56 Å². The van der Waals surface area contributed by atoms with Crippen molar-refractivity contribution in [1.82, 2.24) is 20.4 Å². The number of hydrogen-bond acceptors (Lipinski definition) is 3. The van der Waals surface area contributed by atoms with Crippen LogP contribution in [0.5, 0.6) is 0 Å². The predicted octanol–water partition coefficient (Wildman–Crippen LogP) is 1.37. The lowest BCUT2D eigenvalue weighted by atomic mass is 10.2. The summed E-state index contributed by atoms with van der Waals surface area (Å²) in [4.78, 5) is 24.3. The Morgan fingerprint density at radius 1 is 1.53 bits per heavy atom. The maximum atomic E-state index is 12.1. The van der Waals surface area contributed by atoms with Crippen molar-refractivity contribution in [2.75, 3.05) is 6.54 Å². The molecule has 0 saturated carbocycles. The zero-order chi connectivity index (χ0) is 14.4. The van der Waals surface area contributed by atoms with Gasteiger partial charge in [-0.2, -0.15) is 5.10 Å². The fourth-order valence-electron chi connectivity index (χ4n) is 1.87. The molecule has 0 spiro atoms. The summed E-state index contributed by atoms with van der Waals surface area (Å²) in [6, 6.07) is -0.804. The minimum Gasteiger partial charge on any atom is -0.481 e. The van der Waals surface area contributed by atoms with E-state index in [4.69, 9.17) is 5.11 Å². The van der Waals surface area contributed by atoms with Crippen LogP contribution in [0, 0.1) is 0 Å². The number of urea groups is 1. The summed E-state index contributed by atoms with van der Waals surface area (Å²) in [7, 11) is 0. The lowest BCUT2D eigenvalue weighted by Crippen LogP contribution is -2.46. The number of nitrogens with one attached hydrogen (secondary N) is 2. The summed E-state index contributed by atoms with van der Waals surface area (Å²) in [6.07, 6.45) is 3.28. The lowest BCUT2D eigenvalue weighted by molar-refractivity contribution is -0.138. The molecule has 0 saturated heterocycles. The van der Waals surface area contributed by atoms with Crippen molar-refractivity contribution < 1.29 is 14.7 Å². The maximum Gasteiger partial charge on any atom is 0.318 e. The summed E-state index contributed by atoms with van der Waals surface area (Å²) in [5, 5.41) is 18.1. The molecule has 2 atom stereocenters. The highest BCUT2D eigenvalue weighted by atomic mass is 16.4. The topological polar surface area (TPSA) is 98.3 Å². The largest absolute Gasteiger partial charge is 0.481 e. The predicted molar refractivity (Wildman–Crippen MR) is 69.6 cm³/mol. The zero-order valence-electron chi connectivity index (χ0n) is 11.4. The number of hydrogen-bond donors (Lipinski definition) is 3. The second-order valence-electron chi connectivity index (χ2n) is 4.44. The maximum absolute atomic E-state index is 12.1. The summed E-state index contributed by atoms with van der Waals surface area (Å²) in [5.74, 6) is -0.915. The molecule has 2 amide bonds. The molecule has 7 heteroatoms. The highest BCUT2D eigenvalue weighted by Crippen LogP contribution is 2.11. The molecule has 1 heterocycles. The van der Waals surface area contributed by atoms with Gasteiger partial charge in [-0.15, -0.1) is 0 Å². The van der Waals surface area contributed by atoms with Crippen molar-refractivity contribution in [3.8, 4) is 0 Å². The van der Waals surface area contributed by atoms with E-state index in [1.165, 1.54) is 4.90 Å². The molecule has 19 heavy (non-hydrogen) atoms. The molecule has 0 aromatic carbocycles. The number of carboxylic acid groups (broad SMARTS) is 1. The van der Waals surface area contributed by atoms with Crippen molar-refractivity contribution >= 4 is 12.0 Å². The van der Waals surface area contributed by atoms with Crippen LogP contribution < -0.4 is 5.32 Å². The molecular weight excluding hydrogens is 248 g/mol. The molecule has 0 bridgehead atoms. The molecule has 106 valence electrons. The van der Waals surface area contributed by atoms with Crippen LogP contribution in [0.3, 0.4) is 0 Å². The summed E-state index contributed by atoms with van der Waals surface area (Å²) < 4.78 is 0. The summed E-state index contributed by atoms with van der Waals surface area (Å²) in [6.45, 7) is 5.84. The highest BCUT2D eigenvalue weighted by Gasteiger charge is 2.22. The first kappa shape index (κ1) is 15.0. The van der Waals surface area contributed by atoms with Crippen LogP contribution in [0.15, 0.2) is 12.4 Å². The second-order valence-corrected chi connectivity index (χ2v) is 4.44. The molecule has 2 unspecified atom stereocenters. The number of nitrogens with zero attached hydrogens (tertiary/aromatic N) is 2. The Kier molecular flexibility index (Phi) is 5.35. The van der Waals surface area contributed by atoms with Gasteiger partial charge in [-0.25, -0.2) is 4.79 Å². The number of rotatable bonds is 6. The fraction of sp³-hybridized carbons (Fsp3) is 0.583. The number of carbonyl (C=O) groups excluding carboxylic acids is 1. The molecule has 0 aliphatic heterocycles. The van der Waals surface area contributed by atoms with Crippen LogP contribution in [-0.4, -0.2) is 44.8 Å². The van der Waals surface area contributed by atoms with Crippen molar-refractivity contribution in [3.05, 3.63) is 18.0 Å². The number of aliphatic carboxylic acids is 1. The zero-order valence-corrected chi connectivity index (χ0v) is 11.4. The van der Waals surface area contributed by atoms with Gasteiger partial charge in [0.2, 0.25) is 0 Å². The first-order chi connectivity index (χ1) is 8.95. The fourth-order valence-corrected chi connectivity index (χ4v) is 1.87.